The minimum Gasteiger partial charge on any atom is -0.497 e. The molecule has 0 fully saturated rings. The number of anilines is 1. The Bertz CT molecular complexity index is 647. The molecule has 6 heteroatoms. The second-order valence-electron chi connectivity index (χ2n) is 5.06. The molecule has 0 unspecified atom stereocenters. The lowest BCUT2D eigenvalue weighted by atomic mass is 10.3. The van der Waals surface area contributed by atoms with Crippen molar-refractivity contribution in [3.05, 3.63) is 54.3 Å². The van der Waals surface area contributed by atoms with Crippen LogP contribution in [0.15, 0.2) is 48.5 Å². The van der Waals surface area contributed by atoms with E-state index in [2.05, 4.69) is 10.6 Å². The molecule has 0 aliphatic rings. The molecule has 0 saturated carbocycles. The van der Waals surface area contributed by atoms with E-state index in [1.807, 2.05) is 24.3 Å². The first kappa shape index (κ1) is 17.6. The lowest BCUT2D eigenvalue weighted by molar-refractivity contribution is -0.120. The van der Waals surface area contributed by atoms with Gasteiger partial charge in [-0.2, -0.15) is 0 Å². The molecular formula is C18H21FN2O3. The summed E-state index contributed by atoms with van der Waals surface area (Å²) < 4.78 is 23.6. The van der Waals surface area contributed by atoms with Crippen LogP contribution in [0.2, 0.25) is 0 Å². The average Bonchev–Trinajstić information content (AvgIpc) is 2.59. The van der Waals surface area contributed by atoms with Gasteiger partial charge in [-0.15, -0.1) is 0 Å². The third kappa shape index (κ3) is 6.16. The summed E-state index contributed by atoms with van der Waals surface area (Å²) in [6, 6.07) is 13.4. The van der Waals surface area contributed by atoms with Crippen molar-refractivity contribution in [1.82, 2.24) is 5.32 Å². The Labute approximate surface area is 140 Å². The van der Waals surface area contributed by atoms with Crippen molar-refractivity contribution in [1.29, 1.82) is 0 Å². The Morgan fingerprint density at radius 2 is 1.83 bits per heavy atom. The molecule has 24 heavy (non-hydrogen) atoms. The van der Waals surface area contributed by atoms with Crippen LogP contribution < -0.4 is 20.1 Å². The number of amides is 1. The molecule has 2 N–H and O–H groups in total. The van der Waals surface area contributed by atoms with Gasteiger partial charge in [0.25, 0.3) is 0 Å². The highest BCUT2D eigenvalue weighted by atomic mass is 19.1. The quantitative estimate of drug-likeness (QED) is 0.693. The van der Waals surface area contributed by atoms with Crippen molar-refractivity contribution in [2.24, 2.45) is 0 Å². The van der Waals surface area contributed by atoms with Crippen LogP contribution in [0.3, 0.4) is 0 Å². The zero-order valence-electron chi connectivity index (χ0n) is 13.5. The third-order valence-electron chi connectivity index (χ3n) is 3.26. The Kier molecular flexibility index (Phi) is 6.89. The van der Waals surface area contributed by atoms with E-state index in [4.69, 9.17) is 9.47 Å². The van der Waals surface area contributed by atoms with Crippen LogP contribution in [-0.2, 0) is 4.79 Å². The van der Waals surface area contributed by atoms with Crippen LogP contribution in [0.1, 0.15) is 6.42 Å². The number of hydrogen-bond donors (Lipinski definition) is 2. The second kappa shape index (κ2) is 9.39. The highest BCUT2D eigenvalue weighted by Crippen LogP contribution is 2.16. The van der Waals surface area contributed by atoms with Crippen molar-refractivity contribution in [2.75, 3.05) is 32.1 Å². The van der Waals surface area contributed by atoms with Gasteiger partial charge in [-0.25, -0.2) is 4.39 Å². The minimum absolute atomic E-state index is 0.0859. The van der Waals surface area contributed by atoms with E-state index in [9.17, 15) is 9.18 Å². The summed E-state index contributed by atoms with van der Waals surface area (Å²) in [5, 5.41) is 5.77. The first-order chi connectivity index (χ1) is 11.7. The van der Waals surface area contributed by atoms with Crippen LogP contribution in [-0.4, -0.2) is 32.7 Å². The number of methoxy groups -OCH3 is 1. The van der Waals surface area contributed by atoms with Gasteiger partial charge in [0.2, 0.25) is 5.91 Å². The average molecular weight is 332 g/mol. The van der Waals surface area contributed by atoms with Crippen molar-refractivity contribution in [2.45, 2.75) is 6.42 Å². The van der Waals surface area contributed by atoms with Gasteiger partial charge in [0.1, 0.15) is 23.9 Å². The molecular weight excluding hydrogens is 311 g/mol. The number of nitrogens with one attached hydrogen (secondary N) is 2. The number of rotatable bonds is 9. The number of benzene rings is 2. The van der Waals surface area contributed by atoms with Gasteiger partial charge >= 0.3 is 0 Å². The lowest BCUT2D eigenvalue weighted by Crippen LogP contribution is -2.29. The molecule has 0 saturated heterocycles. The number of hydrogen-bond acceptors (Lipinski definition) is 4. The van der Waals surface area contributed by atoms with E-state index in [0.29, 0.717) is 31.8 Å². The standard InChI is InChI=1S/C18H21FN2O3/c1-23-16-5-7-17(8-6-16)24-12-11-21-18(22)9-10-20-15-4-2-3-14(19)13-15/h2-8,13,20H,9-12H2,1H3,(H,21,22). The summed E-state index contributed by atoms with van der Waals surface area (Å²) in [7, 11) is 1.61. The molecule has 0 aliphatic heterocycles. The first-order valence-electron chi connectivity index (χ1n) is 7.70. The van der Waals surface area contributed by atoms with Gasteiger partial charge in [-0.1, -0.05) is 6.07 Å². The topological polar surface area (TPSA) is 59.6 Å². The highest BCUT2D eigenvalue weighted by Gasteiger charge is 2.02. The number of halogens is 1. The van der Waals surface area contributed by atoms with E-state index in [1.165, 1.54) is 12.1 Å². The Morgan fingerprint density at radius 1 is 1.08 bits per heavy atom. The first-order valence-corrected chi connectivity index (χ1v) is 7.70. The second-order valence-corrected chi connectivity index (χ2v) is 5.06. The summed E-state index contributed by atoms with van der Waals surface area (Å²) in [5.41, 5.74) is 0.658. The molecule has 2 aromatic rings. The summed E-state index contributed by atoms with van der Waals surface area (Å²) in [5.74, 6) is 1.09. The summed E-state index contributed by atoms with van der Waals surface area (Å²) in [4.78, 5) is 11.7. The van der Waals surface area contributed by atoms with Crippen LogP contribution in [0.25, 0.3) is 0 Å². The number of carbonyl (C=O) groups is 1. The molecule has 1 amide bonds. The maximum atomic E-state index is 13.0. The van der Waals surface area contributed by atoms with E-state index in [1.54, 1.807) is 19.2 Å². The predicted molar refractivity (Wildman–Crippen MR) is 91.0 cm³/mol. The summed E-state index contributed by atoms with van der Waals surface area (Å²) in [6.45, 7) is 1.24. The summed E-state index contributed by atoms with van der Waals surface area (Å²) >= 11 is 0. The van der Waals surface area contributed by atoms with Crippen LogP contribution in [0.4, 0.5) is 10.1 Å². The van der Waals surface area contributed by atoms with Crippen molar-refractivity contribution < 1.29 is 18.7 Å². The van der Waals surface area contributed by atoms with E-state index in [-0.39, 0.29) is 11.7 Å². The molecule has 0 atom stereocenters. The Hall–Kier alpha value is -2.76. The molecule has 0 aromatic heterocycles. The smallest absolute Gasteiger partial charge is 0.221 e. The largest absolute Gasteiger partial charge is 0.497 e. The third-order valence-corrected chi connectivity index (χ3v) is 3.26. The zero-order chi connectivity index (χ0) is 17.2. The number of ether oxygens (including phenoxy) is 2. The maximum Gasteiger partial charge on any atom is 0.221 e. The number of carbonyl (C=O) groups excluding carboxylic acids is 1. The molecule has 128 valence electrons. The summed E-state index contributed by atoms with van der Waals surface area (Å²) in [6.07, 6.45) is 0.305. The zero-order valence-corrected chi connectivity index (χ0v) is 13.5. The predicted octanol–water partition coefficient (Wildman–Crippen LogP) is 2.83. The highest BCUT2D eigenvalue weighted by molar-refractivity contribution is 5.76. The minimum atomic E-state index is -0.305. The van der Waals surface area contributed by atoms with Gasteiger partial charge in [0.05, 0.1) is 13.7 Å². The van der Waals surface area contributed by atoms with Crippen LogP contribution >= 0.6 is 0 Å². The lowest BCUT2D eigenvalue weighted by Gasteiger charge is -2.09. The molecule has 0 radical (unpaired) electrons. The maximum absolute atomic E-state index is 13.0. The van der Waals surface area contributed by atoms with Gasteiger partial charge in [-0.05, 0) is 42.5 Å². The van der Waals surface area contributed by atoms with Gasteiger partial charge in [0, 0.05) is 18.7 Å². The van der Waals surface area contributed by atoms with Crippen molar-refractivity contribution >= 4 is 11.6 Å². The molecule has 0 heterocycles. The Balaban J connectivity index is 1.57. The molecule has 0 spiro atoms. The van der Waals surface area contributed by atoms with E-state index >= 15 is 0 Å². The normalized spacial score (nSPS) is 10.1. The van der Waals surface area contributed by atoms with Gasteiger partial charge in [-0.3, -0.25) is 4.79 Å². The fourth-order valence-corrected chi connectivity index (χ4v) is 2.04. The molecule has 2 rings (SSSR count). The molecule has 2 aromatic carbocycles. The van der Waals surface area contributed by atoms with Crippen molar-refractivity contribution in [3.63, 3.8) is 0 Å². The van der Waals surface area contributed by atoms with Crippen LogP contribution in [0.5, 0.6) is 11.5 Å². The Morgan fingerprint density at radius 3 is 2.54 bits per heavy atom. The van der Waals surface area contributed by atoms with Gasteiger partial charge < -0.3 is 20.1 Å². The molecule has 0 bridgehead atoms. The fraction of sp³-hybridized carbons (Fsp3) is 0.278. The van der Waals surface area contributed by atoms with Crippen LogP contribution in [0, 0.1) is 5.82 Å². The van der Waals surface area contributed by atoms with E-state index in [0.717, 1.165) is 11.5 Å². The monoisotopic (exact) mass is 332 g/mol. The SMILES string of the molecule is COc1ccc(OCCNC(=O)CCNc2cccc(F)c2)cc1. The van der Waals surface area contributed by atoms with E-state index < -0.39 is 0 Å². The van der Waals surface area contributed by atoms with Gasteiger partial charge in [0.15, 0.2) is 0 Å². The van der Waals surface area contributed by atoms with Crippen molar-refractivity contribution in [3.8, 4) is 11.5 Å². The molecule has 5 nitrogen and oxygen atoms in total. The fourth-order valence-electron chi connectivity index (χ4n) is 2.04. The molecule has 0 aliphatic carbocycles.